The number of hydrogen-bond acceptors (Lipinski definition) is 8. The molecule has 0 spiro atoms. The Balaban J connectivity index is 1.57. The van der Waals surface area contributed by atoms with Crippen molar-refractivity contribution in [3.63, 3.8) is 0 Å². The zero-order valence-corrected chi connectivity index (χ0v) is 14.9. The van der Waals surface area contributed by atoms with Crippen molar-refractivity contribution in [1.29, 1.82) is 0 Å². The molecule has 1 aromatic carbocycles. The number of amides is 1. The number of hydrogen-bond donors (Lipinski definition) is 1. The zero-order chi connectivity index (χ0) is 19.7. The van der Waals surface area contributed by atoms with Gasteiger partial charge in [-0.2, -0.15) is 4.98 Å². The number of aromatic nitrogens is 2. The van der Waals surface area contributed by atoms with Gasteiger partial charge < -0.3 is 20.0 Å². The van der Waals surface area contributed by atoms with Crippen LogP contribution in [0, 0.1) is 0 Å². The largest absolute Gasteiger partial charge is 0.459 e. The van der Waals surface area contributed by atoms with Crippen LogP contribution in [0.1, 0.15) is 31.3 Å². The Morgan fingerprint density at radius 2 is 1.79 bits per heavy atom. The fourth-order valence-electron chi connectivity index (χ4n) is 3.23. The van der Waals surface area contributed by atoms with E-state index in [0.29, 0.717) is 61.4 Å². The normalized spacial score (nSPS) is 14.3. The van der Waals surface area contributed by atoms with Gasteiger partial charge >= 0.3 is 0 Å². The predicted molar refractivity (Wildman–Crippen MR) is 102 cm³/mol. The maximum absolute atomic E-state index is 12.4. The van der Waals surface area contributed by atoms with Crippen LogP contribution in [-0.4, -0.2) is 59.5 Å². The predicted octanol–water partition coefficient (Wildman–Crippen LogP) is 1.39. The van der Waals surface area contributed by atoms with Gasteiger partial charge in [0.05, 0.1) is 11.8 Å². The smallest absolute Gasteiger partial charge is 0.289 e. The molecule has 142 valence electrons. The van der Waals surface area contributed by atoms with Gasteiger partial charge in [-0.25, -0.2) is 4.98 Å². The minimum Gasteiger partial charge on any atom is -0.459 e. The molecule has 0 atom stereocenters. The SMILES string of the molecule is Nc1nc(N2CCN(C(=O)c3ccco3)CC2)nc2cc(C=O)c(C=O)cc12. The first-order chi connectivity index (χ1) is 13.6. The summed E-state index contributed by atoms with van der Waals surface area (Å²) in [4.78, 5) is 47.2. The third-order valence-corrected chi connectivity index (χ3v) is 4.75. The van der Waals surface area contributed by atoms with Crippen molar-refractivity contribution in [1.82, 2.24) is 14.9 Å². The summed E-state index contributed by atoms with van der Waals surface area (Å²) in [5.74, 6) is 0.813. The van der Waals surface area contributed by atoms with Crippen molar-refractivity contribution in [3.05, 3.63) is 47.4 Å². The van der Waals surface area contributed by atoms with Gasteiger partial charge in [-0.1, -0.05) is 0 Å². The number of carbonyl (C=O) groups excluding carboxylic acids is 3. The molecule has 2 N–H and O–H groups in total. The van der Waals surface area contributed by atoms with Crippen LogP contribution in [0.15, 0.2) is 34.9 Å². The van der Waals surface area contributed by atoms with Crippen molar-refractivity contribution in [2.24, 2.45) is 0 Å². The Kier molecular flexibility index (Phi) is 4.48. The van der Waals surface area contributed by atoms with E-state index >= 15 is 0 Å². The van der Waals surface area contributed by atoms with E-state index in [0.717, 1.165) is 0 Å². The quantitative estimate of drug-likeness (QED) is 0.675. The lowest BCUT2D eigenvalue weighted by Gasteiger charge is -2.34. The van der Waals surface area contributed by atoms with Crippen LogP contribution in [0.5, 0.6) is 0 Å². The summed E-state index contributed by atoms with van der Waals surface area (Å²) in [5, 5.41) is 0.517. The Hall–Kier alpha value is -3.75. The van der Waals surface area contributed by atoms with Crippen molar-refractivity contribution in [3.8, 4) is 0 Å². The molecule has 4 rings (SSSR count). The second kappa shape index (κ2) is 7.10. The molecular formula is C19H17N5O4. The van der Waals surface area contributed by atoms with Crippen LogP contribution in [0.2, 0.25) is 0 Å². The Morgan fingerprint density at radius 3 is 2.43 bits per heavy atom. The van der Waals surface area contributed by atoms with Crippen molar-refractivity contribution < 1.29 is 18.8 Å². The number of carbonyl (C=O) groups is 3. The van der Waals surface area contributed by atoms with Gasteiger partial charge in [-0.05, 0) is 24.3 Å². The van der Waals surface area contributed by atoms with E-state index in [2.05, 4.69) is 9.97 Å². The van der Waals surface area contributed by atoms with Crippen LogP contribution in [0.25, 0.3) is 10.9 Å². The number of aldehydes is 2. The highest BCUT2D eigenvalue weighted by Crippen LogP contribution is 2.25. The minimum atomic E-state index is -0.152. The first-order valence-electron chi connectivity index (χ1n) is 8.70. The van der Waals surface area contributed by atoms with Crippen LogP contribution in [-0.2, 0) is 0 Å². The minimum absolute atomic E-state index is 0.152. The summed E-state index contributed by atoms with van der Waals surface area (Å²) in [6.45, 7) is 2.05. The third-order valence-electron chi connectivity index (χ3n) is 4.75. The summed E-state index contributed by atoms with van der Waals surface area (Å²) >= 11 is 0. The lowest BCUT2D eigenvalue weighted by atomic mass is 10.1. The number of anilines is 2. The molecule has 9 nitrogen and oxygen atoms in total. The maximum atomic E-state index is 12.4. The molecule has 1 amide bonds. The van der Waals surface area contributed by atoms with Gasteiger partial charge in [0.15, 0.2) is 18.3 Å². The van der Waals surface area contributed by atoms with Gasteiger partial charge in [0, 0.05) is 42.7 Å². The highest BCUT2D eigenvalue weighted by Gasteiger charge is 2.25. The first kappa shape index (κ1) is 17.7. The van der Waals surface area contributed by atoms with Gasteiger partial charge in [0.25, 0.3) is 5.91 Å². The average molecular weight is 379 g/mol. The van der Waals surface area contributed by atoms with Gasteiger partial charge in [-0.15, -0.1) is 0 Å². The first-order valence-corrected chi connectivity index (χ1v) is 8.70. The third kappa shape index (κ3) is 3.07. The van der Waals surface area contributed by atoms with Crippen LogP contribution in [0.3, 0.4) is 0 Å². The second-order valence-electron chi connectivity index (χ2n) is 6.40. The fraction of sp³-hybridized carbons (Fsp3) is 0.211. The molecule has 1 fully saturated rings. The van der Waals surface area contributed by atoms with E-state index in [1.807, 2.05) is 4.90 Å². The summed E-state index contributed by atoms with van der Waals surface area (Å²) in [6.07, 6.45) is 2.69. The summed E-state index contributed by atoms with van der Waals surface area (Å²) < 4.78 is 5.17. The summed E-state index contributed by atoms with van der Waals surface area (Å²) in [5.41, 5.74) is 7.05. The van der Waals surface area contributed by atoms with E-state index < -0.39 is 0 Å². The molecule has 1 aliphatic heterocycles. The van der Waals surface area contributed by atoms with Crippen LogP contribution < -0.4 is 10.6 Å². The molecule has 0 aliphatic carbocycles. The highest BCUT2D eigenvalue weighted by molar-refractivity contribution is 6.00. The topological polar surface area (TPSA) is 123 Å². The highest BCUT2D eigenvalue weighted by atomic mass is 16.3. The van der Waals surface area contributed by atoms with Gasteiger partial charge in [0.1, 0.15) is 5.82 Å². The molecule has 3 aromatic rings. The molecule has 9 heteroatoms. The number of benzene rings is 1. The number of nitrogen functional groups attached to an aromatic ring is 1. The van der Waals surface area contributed by atoms with E-state index in [4.69, 9.17) is 10.2 Å². The molecule has 28 heavy (non-hydrogen) atoms. The Morgan fingerprint density at radius 1 is 1.07 bits per heavy atom. The fourth-order valence-corrected chi connectivity index (χ4v) is 3.23. The number of rotatable bonds is 4. The van der Waals surface area contributed by atoms with Crippen molar-refractivity contribution >= 4 is 41.1 Å². The second-order valence-corrected chi connectivity index (χ2v) is 6.40. The van der Waals surface area contributed by atoms with Gasteiger partial charge in [-0.3, -0.25) is 14.4 Å². The number of piperazine rings is 1. The molecule has 0 saturated carbocycles. The molecule has 3 heterocycles. The van der Waals surface area contributed by atoms with E-state index in [1.54, 1.807) is 17.0 Å². The van der Waals surface area contributed by atoms with Crippen LogP contribution in [0.4, 0.5) is 11.8 Å². The zero-order valence-electron chi connectivity index (χ0n) is 14.9. The average Bonchev–Trinajstić information content (AvgIpc) is 3.27. The lowest BCUT2D eigenvalue weighted by molar-refractivity contribution is 0.0714. The molecule has 0 unspecified atom stereocenters. The Labute approximate surface area is 159 Å². The monoisotopic (exact) mass is 379 g/mol. The number of nitrogens with zero attached hydrogens (tertiary/aromatic N) is 4. The molecule has 2 aromatic heterocycles. The number of furan rings is 1. The van der Waals surface area contributed by atoms with Crippen molar-refractivity contribution in [2.45, 2.75) is 0 Å². The molecule has 0 radical (unpaired) electrons. The Bertz CT molecular complexity index is 1060. The van der Waals surface area contributed by atoms with Crippen molar-refractivity contribution in [2.75, 3.05) is 36.8 Å². The van der Waals surface area contributed by atoms with E-state index in [1.165, 1.54) is 18.4 Å². The summed E-state index contributed by atoms with van der Waals surface area (Å²) in [6, 6.07) is 6.37. The van der Waals surface area contributed by atoms with Crippen LogP contribution >= 0.6 is 0 Å². The molecule has 0 bridgehead atoms. The number of nitrogens with two attached hydrogens (primary N) is 1. The standard InChI is InChI=1S/C19H17N5O4/c20-17-14-8-12(10-25)13(11-26)9-15(14)21-19(22-17)24-5-3-23(4-6-24)18(27)16-2-1-7-28-16/h1-2,7-11H,3-6H2,(H2,20,21,22). The number of fused-ring (bicyclic) bond motifs is 1. The van der Waals surface area contributed by atoms with E-state index in [-0.39, 0.29) is 22.9 Å². The molecule has 1 saturated heterocycles. The van der Waals surface area contributed by atoms with Gasteiger partial charge in [0.2, 0.25) is 5.95 Å². The molecule has 1 aliphatic rings. The maximum Gasteiger partial charge on any atom is 0.289 e. The van der Waals surface area contributed by atoms with E-state index in [9.17, 15) is 14.4 Å². The summed E-state index contributed by atoms with van der Waals surface area (Å²) in [7, 11) is 0. The lowest BCUT2D eigenvalue weighted by Crippen LogP contribution is -2.49. The molecular weight excluding hydrogens is 362 g/mol.